The Kier molecular flexibility index (Phi) is 6.53. The number of hydrogen-bond donors (Lipinski definition) is 0. The summed E-state index contributed by atoms with van der Waals surface area (Å²) in [5.74, 6) is 0.0937. The van der Waals surface area contributed by atoms with Crippen LogP contribution < -0.4 is 0 Å². The monoisotopic (exact) mass is 439 g/mol. The molecule has 3 heterocycles. The number of carbonyl (C=O) groups excluding carboxylic acids is 3. The zero-order valence-corrected chi connectivity index (χ0v) is 19.3. The molecule has 0 spiro atoms. The maximum Gasteiger partial charge on any atom is 0.409 e. The topological polar surface area (TPSA) is 70.2 Å². The summed E-state index contributed by atoms with van der Waals surface area (Å²) < 4.78 is 5.10. The van der Waals surface area contributed by atoms with E-state index in [-0.39, 0.29) is 23.9 Å². The minimum atomic E-state index is -0.327. The van der Waals surface area contributed by atoms with Gasteiger partial charge in [-0.05, 0) is 51.0 Å². The zero-order valence-electron chi connectivity index (χ0n) is 19.3. The smallest absolute Gasteiger partial charge is 0.409 e. The normalized spacial score (nSPS) is 22.7. The van der Waals surface area contributed by atoms with E-state index in [9.17, 15) is 14.4 Å². The highest BCUT2D eigenvalue weighted by Crippen LogP contribution is 2.36. The third-order valence-corrected chi connectivity index (χ3v) is 6.76. The van der Waals surface area contributed by atoms with Gasteiger partial charge in [0.05, 0.1) is 12.2 Å². The van der Waals surface area contributed by atoms with Crippen LogP contribution in [0.5, 0.6) is 0 Å². The molecule has 1 aromatic rings. The van der Waals surface area contributed by atoms with E-state index < -0.39 is 0 Å². The molecule has 7 nitrogen and oxygen atoms in total. The maximum atomic E-state index is 13.7. The van der Waals surface area contributed by atoms with Gasteiger partial charge in [-0.25, -0.2) is 4.79 Å². The average molecular weight is 440 g/mol. The van der Waals surface area contributed by atoms with E-state index in [0.29, 0.717) is 49.7 Å². The molecule has 0 bridgehead atoms. The minimum absolute atomic E-state index is 0.186. The molecule has 172 valence electrons. The molecule has 0 aliphatic carbocycles. The van der Waals surface area contributed by atoms with Crippen molar-refractivity contribution in [3.05, 3.63) is 41.1 Å². The van der Waals surface area contributed by atoms with Gasteiger partial charge in [0.2, 0.25) is 0 Å². The molecule has 1 aromatic carbocycles. The SMILES string of the molecule is CCOC(=O)N1CCC(N2C(=O)C(c3ccc(C)cc3)=C(N3CCCC(C)C3)C2=O)CC1. The molecule has 2 saturated heterocycles. The van der Waals surface area contributed by atoms with Gasteiger partial charge in [-0.3, -0.25) is 14.5 Å². The number of rotatable bonds is 4. The fourth-order valence-corrected chi connectivity index (χ4v) is 5.05. The second-order valence-electron chi connectivity index (χ2n) is 9.18. The lowest BCUT2D eigenvalue weighted by Gasteiger charge is -2.36. The van der Waals surface area contributed by atoms with Crippen molar-refractivity contribution in [2.45, 2.75) is 52.5 Å². The lowest BCUT2D eigenvalue weighted by atomic mass is 9.97. The molecular weight excluding hydrogens is 406 g/mol. The molecule has 2 fully saturated rings. The fraction of sp³-hybridized carbons (Fsp3) is 0.560. The van der Waals surface area contributed by atoms with Gasteiger partial charge < -0.3 is 14.5 Å². The van der Waals surface area contributed by atoms with E-state index in [0.717, 1.165) is 37.1 Å². The van der Waals surface area contributed by atoms with Crippen molar-refractivity contribution in [1.29, 1.82) is 0 Å². The molecule has 32 heavy (non-hydrogen) atoms. The molecule has 0 radical (unpaired) electrons. The molecule has 7 heteroatoms. The summed E-state index contributed by atoms with van der Waals surface area (Å²) in [5, 5.41) is 0. The van der Waals surface area contributed by atoms with E-state index in [2.05, 4.69) is 11.8 Å². The summed E-state index contributed by atoms with van der Waals surface area (Å²) >= 11 is 0. The summed E-state index contributed by atoms with van der Waals surface area (Å²) in [6, 6.07) is 7.64. The van der Waals surface area contributed by atoms with Crippen molar-refractivity contribution in [3.63, 3.8) is 0 Å². The quantitative estimate of drug-likeness (QED) is 0.673. The number of imide groups is 1. The molecule has 1 unspecified atom stereocenters. The molecular formula is C25H33N3O4. The molecule has 4 rings (SSSR count). The molecule has 0 saturated carbocycles. The van der Waals surface area contributed by atoms with Gasteiger partial charge in [0.15, 0.2) is 0 Å². The van der Waals surface area contributed by atoms with Crippen molar-refractivity contribution in [3.8, 4) is 0 Å². The number of piperidine rings is 2. The highest BCUT2D eigenvalue weighted by Gasteiger charge is 2.46. The summed E-state index contributed by atoms with van der Waals surface area (Å²) in [5.41, 5.74) is 2.99. The Hall–Kier alpha value is -2.83. The zero-order chi connectivity index (χ0) is 22.8. The molecule has 3 amide bonds. The number of nitrogens with zero attached hydrogens (tertiary/aromatic N) is 3. The third kappa shape index (κ3) is 4.25. The molecule has 3 aliphatic rings. The van der Waals surface area contributed by atoms with E-state index in [1.165, 1.54) is 4.90 Å². The van der Waals surface area contributed by atoms with Crippen molar-refractivity contribution < 1.29 is 19.1 Å². The van der Waals surface area contributed by atoms with Crippen LogP contribution in [0.25, 0.3) is 5.57 Å². The largest absolute Gasteiger partial charge is 0.450 e. The van der Waals surface area contributed by atoms with E-state index in [1.54, 1.807) is 11.8 Å². The molecule has 0 aromatic heterocycles. The average Bonchev–Trinajstić information content (AvgIpc) is 3.04. The van der Waals surface area contributed by atoms with Crippen molar-refractivity contribution in [1.82, 2.24) is 14.7 Å². The van der Waals surface area contributed by atoms with Crippen LogP contribution in [0.1, 0.15) is 50.7 Å². The van der Waals surface area contributed by atoms with Crippen molar-refractivity contribution in [2.24, 2.45) is 5.92 Å². The highest BCUT2D eigenvalue weighted by molar-refractivity contribution is 6.35. The first-order valence-electron chi connectivity index (χ1n) is 11.8. The van der Waals surface area contributed by atoms with Crippen LogP contribution in [0.2, 0.25) is 0 Å². The standard InChI is InChI=1S/C25H33N3O4/c1-4-32-25(31)26-14-11-20(12-15-26)28-23(29)21(19-9-7-17(2)8-10-19)22(24(28)30)27-13-5-6-18(3)16-27/h7-10,18,20H,4-6,11-16H2,1-3H3. The Labute approximate surface area is 190 Å². The van der Waals surface area contributed by atoms with Crippen LogP contribution in [0.3, 0.4) is 0 Å². The van der Waals surface area contributed by atoms with Gasteiger partial charge in [0.1, 0.15) is 5.70 Å². The second-order valence-corrected chi connectivity index (χ2v) is 9.18. The number of aryl methyl sites for hydroxylation is 1. The Morgan fingerprint density at radius 1 is 1.03 bits per heavy atom. The van der Waals surface area contributed by atoms with Crippen molar-refractivity contribution in [2.75, 3.05) is 32.8 Å². The number of carbonyl (C=O) groups is 3. The number of benzene rings is 1. The number of ether oxygens (including phenoxy) is 1. The van der Waals surface area contributed by atoms with Gasteiger partial charge in [0.25, 0.3) is 11.8 Å². The van der Waals surface area contributed by atoms with Crippen molar-refractivity contribution >= 4 is 23.5 Å². The lowest BCUT2D eigenvalue weighted by Crippen LogP contribution is -2.50. The predicted molar refractivity (Wildman–Crippen MR) is 122 cm³/mol. The Morgan fingerprint density at radius 2 is 1.72 bits per heavy atom. The van der Waals surface area contributed by atoms with Crippen LogP contribution in [-0.2, 0) is 14.3 Å². The van der Waals surface area contributed by atoms with E-state index in [1.807, 2.05) is 31.2 Å². The van der Waals surface area contributed by atoms with E-state index in [4.69, 9.17) is 4.74 Å². The van der Waals surface area contributed by atoms with Crippen LogP contribution in [-0.4, -0.2) is 71.4 Å². The fourth-order valence-electron chi connectivity index (χ4n) is 5.05. The van der Waals surface area contributed by atoms with Crippen LogP contribution in [0, 0.1) is 12.8 Å². The van der Waals surface area contributed by atoms with Gasteiger partial charge >= 0.3 is 6.09 Å². The summed E-state index contributed by atoms with van der Waals surface area (Å²) in [6.45, 7) is 8.88. The molecule has 1 atom stereocenters. The third-order valence-electron chi connectivity index (χ3n) is 6.76. The van der Waals surface area contributed by atoms with Gasteiger partial charge in [-0.1, -0.05) is 36.8 Å². The van der Waals surface area contributed by atoms with Crippen LogP contribution in [0.15, 0.2) is 30.0 Å². The minimum Gasteiger partial charge on any atom is -0.450 e. The van der Waals surface area contributed by atoms with Crippen LogP contribution >= 0.6 is 0 Å². The Morgan fingerprint density at radius 3 is 2.34 bits per heavy atom. The summed E-state index contributed by atoms with van der Waals surface area (Å²) in [4.78, 5) is 44.7. The molecule has 0 N–H and O–H groups in total. The second kappa shape index (κ2) is 9.35. The maximum absolute atomic E-state index is 13.7. The first-order valence-corrected chi connectivity index (χ1v) is 11.8. The highest BCUT2D eigenvalue weighted by atomic mass is 16.6. The van der Waals surface area contributed by atoms with Gasteiger partial charge in [-0.15, -0.1) is 0 Å². The first-order chi connectivity index (χ1) is 15.4. The first kappa shape index (κ1) is 22.4. The Balaban J connectivity index is 1.61. The number of likely N-dealkylation sites (tertiary alicyclic amines) is 2. The number of hydrogen-bond acceptors (Lipinski definition) is 5. The number of amides is 3. The Bertz CT molecular complexity index is 916. The van der Waals surface area contributed by atoms with Gasteiger partial charge in [0, 0.05) is 32.2 Å². The molecule has 3 aliphatic heterocycles. The van der Waals surface area contributed by atoms with Crippen LogP contribution in [0.4, 0.5) is 4.79 Å². The summed E-state index contributed by atoms with van der Waals surface area (Å²) in [7, 11) is 0. The van der Waals surface area contributed by atoms with Gasteiger partial charge in [-0.2, -0.15) is 0 Å². The summed E-state index contributed by atoms with van der Waals surface area (Å²) in [6.07, 6.45) is 2.97. The lowest BCUT2D eigenvalue weighted by molar-refractivity contribution is -0.141. The van der Waals surface area contributed by atoms with E-state index >= 15 is 0 Å². The predicted octanol–water partition coefficient (Wildman–Crippen LogP) is 3.43.